The predicted molar refractivity (Wildman–Crippen MR) is 72.9 cm³/mol. The van der Waals surface area contributed by atoms with E-state index in [1.54, 1.807) is 0 Å². The zero-order valence-electron chi connectivity index (χ0n) is 10.9. The van der Waals surface area contributed by atoms with Crippen molar-refractivity contribution in [2.24, 2.45) is 23.5 Å². The maximum atomic E-state index is 6.42. The summed E-state index contributed by atoms with van der Waals surface area (Å²) in [5, 5.41) is 0. The molecule has 2 fully saturated rings. The van der Waals surface area contributed by atoms with Crippen LogP contribution in [0, 0.1) is 17.8 Å². The first-order chi connectivity index (χ1) is 8.81. The molecule has 0 amide bonds. The van der Waals surface area contributed by atoms with Crippen molar-refractivity contribution in [3.05, 3.63) is 35.4 Å². The Balaban J connectivity index is 1.46. The van der Waals surface area contributed by atoms with E-state index in [1.165, 1.54) is 36.9 Å². The Bertz CT molecular complexity index is 429. The maximum absolute atomic E-state index is 6.42. The lowest BCUT2D eigenvalue weighted by molar-refractivity contribution is 0.175. The number of hydrogen-bond donors (Lipinski definition) is 1. The van der Waals surface area contributed by atoms with Crippen molar-refractivity contribution in [2.75, 3.05) is 6.54 Å². The monoisotopic (exact) mass is 242 g/mol. The lowest BCUT2D eigenvalue weighted by Gasteiger charge is -2.31. The number of hydrogen-bond acceptors (Lipinski definition) is 2. The van der Waals surface area contributed by atoms with Crippen LogP contribution < -0.4 is 5.73 Å². The lowest BCUT2D eigenvalue weighted by Crippen LogP contribution is -2.41. The van der Waals surface area contributed by atoms with Crippen molar-refractivity contribution in [2.45, 2.75) is 38.4 Å². The maximum Gasteiger partial charge on any atom is 0.0240 e. The van der Waals surface area contributed by atoms with Crippen LogP contribution in [-0.4, -0.2) is 17.5 Å². The SMILES string of the molecule is NC1C2CCC(C2)C1CN1Cc2ccccc2C1. The summed E-state index contributed by atoms with van der Waals surface area (Å²) in [4.78, 5) is 2.61. The topological polar surface area (TPSA) is 29.3 Å². The van der Waals surface area contributed by atoms with E-state index in [1.807, 2.05) is 0 Å². The molecule has 3 aliphatic rings. The Hall–Kier alpha value is -0.860. The minimum absolute atomic E-state index is 0.479. The fourth-order valence-electron chi connectivity index (χ4n) is 4.56. The van der Waals surface area contributed by atoms with Gasteiger partial charge in [0.25, 0.3) is 0 Å². The van der Waals surface area contributed by atoms with Gasteiger partial charge in [-0.3, -0.25) is 4.90 Å². The molecule has 0 spiro atoms. The Labute approximate surface area is 109 Å². The largest absolute Gasteiger partial charge is 0.327 e. The molecule has 0 aromatic heterocycles. The van der Waals surface area contributed by atoms with Crippen LogP contribution in [0.4, 0.5) is 0 Å². The fraction of sp³-hybridized carbons (Fsp3) is 0.625. The van der Waals surface area contributed by atoms with Gasteiger partial charge in [0.05, 0.1) is 0 Å². The van der Waals surface area contributed by atoms with Crippen LogP contribution in [0.1, 0.15) is 30.4 Å². The fourth-order valence-corrected chi connectivity index (χ4v) is 4.56. The van der Waals surface area contributed by atoms with Crippen molar-refractivity contribution < 1.29 is 0 Å². The third-order valence-corrected chi connectivity index (χ3v) is 5.53. The van der Waals surface area contributed by atoms with Gasteiger partial charge < -0.3 is 5.73 Å². The molecule has 0 radical (unpaired) electrons. The molecule has 2 N–H and O–H groups in total. The summed E-state index contributed by atoms with van der Waals surface area (Å²) in [7, 11) is 0. The van der Waals surface area contributed by atoms with Crippen molar-refractivity contribution in [1.82, 2.24) is 4.90 Å². The molecule has 2 aliphatic carbocycles. The molecule has 1 aromatic carbocycles. The molecule has 2 heteroatoms. The van der Waals surface area contributed by atoms with Crippen LogP contribution in [0.5, 0.6) is 0 Å². The average molecular weight is 242 g/mol. The second-order valence-corrected chi connectivity index (χ2v) is 6.51. The first-order valence-corrected chi connectivity index (χ1v) is 7.36. The predicted octanol–water partition coefficient (Wildman–Crippen LogP) is 2.38. The summed E-state index contributed by atoms with van der Waals surface area (Å²) in [6.45, 7) is 3.49. The quantitative estimate of drug-likeness (QED) is 0.862. The van der Waals surface area contributed by atoms with Crippen molar-refractivity contribution in [3.63, 3.8) is 0 Å². The summed E-state index contributed by atoms with van der Waals surface area (Å²) in [6, 6.07) is 9.34. The minimum atomic E-state index is 0.479. The van der Waals surface area contributed by atoms with Gasteiger partial charge in [0, 0.05) is 25.7 Å². The van der Waals surface area contributed by atoms with E-state index in [0.29, 0.717) is 6.04 Å². The van der Waals surface area contributed by atoms with Crippen LogP contribution in [-0.2, 0) is 13.1 Å². The summed E-state index contributed by atoms with van der Waals surface area (Å²) in [5.74, 6) is 2.52. The second-order valence-electron chi connectivity index (χ2n) is 6.51. The van der Waals surface area contributed by atoms with Gasteiger partial charge in [-0.15, -0.1) is 0 Å². The summed E-state index contributed by atoms with van der Waals surface area (Å²) >= 11 is 0. The third kappa shape index (κ3) is 1.63. The highest BCUT2D eigenvalue weighted by Crippen LogP contribution is 2.48. The van der Waals surface area contributed by atoms with Gasteiger partial charge in [-0.05, 0) is 48.1 Å². The zero-order valence-corrected chi connectivity index (χ0v) is 10.9. The first-order valence-electron chi connectivity index (χ1n) is 7.36. The number of benzene rings is 1. The lowest BCUT2D eigenvalue weighted by atomic mass is 9.84. The third-order valence-electron chi connectivity index (χ3n) is 5.53. The van der Waals surface area contributed by atoms with Crippen molar-refractivity contribution in [1.29, 1.82) is 0 Å². The number of fused-ring (bicyclic) bond motifs is 3. The van der Waals surface area contributed by atoms with Gasteiger partial charge in [0.15, 0.2) is 0 Å². The van der Waals surface area contributed by atoms with E-state index < -0.39 is 0 Å². The highest BCUT2D eigenvalue weighted by molar-refractivity contribution is 5.30. The number of nitrogens with zero attached hydrogens (tertiary/aromatic N) is 1. The van der Waals surface area contributed by atoms with Crippen molar-refractivity contribution >= 4 is 0 Å². The molecule has 4 rings (SSSR count). The van der Waals surface area contributed by atoms with E-state index in [4.69, 9.17) is 5.73 Å². The molecule has 18 heavy (non-hydrogen) atoms. The minimum Gasteiger partial charge on any atom is -0.327 e. The standard InChI is InChI=1S/C16H22N2/c17-16-12-6-5-11(7-12)15(16)10-18-8-13-3-1-2-4-14(13)9-18/h1-4,11-12,15-16H,5-10,17H2. The van der Waals surface area contributed by atoms with Gasteiger partial charge in [-0.2, -0.15) is 0 Å². The first kappa shape index (κ1) is 11.0. The summed E-state index contributed by atoms with van der Waals surface area (Å²) < 4.78 is 0. The van der Waals surface area contributed by atoms with E-state index in [0.717, 1.165) is 30.8 Å². The summed E-state index contributed by atoms with van der Waals surface area (Å²) in [5.41, 5.74) is 9.47. The van der Waals surface area contributed by atoms with Crippen molar-refractivity contribution in [3.8, 4) is 0 Å². The molecular weight excluding hydrogens is 220 g/mol. The number of rotatable bonds is 2. The molecule has 1 heterocycles. The summed E-state index contributed by atoms with van der Waals surface area (Å²) in [6.07, 6.45) is 4.24. The van der Waals surface area contributed by atoms with E-state index in [-0.39, 0.29) is 0 Å². The Morgan fingerprint density at radius 3 is 2.33 bits per heavy atom. The molecule has 96 valence electrons. The van der Waals surface area contributed by atoms with Crippen LogP contribution >= 0.6 is 0 Å². The molecule has 4 unspecified atom stereocenters. The molecule has 1 aliphatic heterocycles. The van der Waals surface area contributed by atoms with E-state index in [2.05, 4.69) is 29.2 Å². The van der Waals surface area contributed by atoms with Gasteiger partial charge in [0.2, 0.25) is 0 Å². The average Bonchev–Trinajstić information content (AvgIpc) is 3.05. The Morgan fingerprint density at radius 2 is 1.72 bits per heavy atom. The molecule has 2 saturated carbocycles. The van der Waals surface area contributed by atoms with Gasteiger partial charge >= 0.3 is 0 Å². The number of nitrogens with two attached hydrogens (primary N) is 1. The molecule has 2 nitrogen and oxygen atoms in total. The van der Waals surface area contributed by atoms with Crippen LogP contribution in [0.2, 0.25) is 0 Å². The smallest absolute Gasteiger partial charge is 0.0240 e. The molecule has 4 atom stereocenters. The van der Waals surface area contributed by atoms with Gasteiger partial charge in [0.1, 0.15) is 0 Å². The molecule has 1 aromatic rings. The molecular formula is C16H22N2. The highest BCUT2D eigenvalue weighted by Gasteiger charge is 2.46. The normalized spacial score (nSPS) is 38.3. The molecule has 2 bridgehead atoms. The molecule has 0 saturated heterocycles. The Kier molecular flexibility index (Phi) is 2.49. The highest BCUT2D eigenvalue weighted by atomic mass is 15.1. The van der Waals surface area contributed by atoms with Crippen LogP contribution in [0.25, 0.3) is 0 Å². The Morgan fingerprint density at radius 1 is 1.06 bits per heavy atom. The van der Waals surface area contributed by atoms with E-state index >= 15 is 0 Å². The van der Waals surface area contributed by atoms with Crippen LogP contribution in [0.15, 0.2) is 24.3 Å². The van der Waals surface area contributed by atoms with E-state index in [9.17, 15) is 0 Å². The zero-order chi connectivity index (χ0) is 12.1. The second kappa shape index (κ2) is 4.07. The van der Waals surface area contributed by atoms with Crippen LogP contribution in [0.3, 0.4) is 0 Å². The van der Waals surface area contributed by atoms with Gasteiger partial charge in [-0.25, -0.2) is 0 Å². The van der Waals surface area contributed by atoms with Gasteiger partial charge in [-0.1, -0.05) is 24.3 Å².